The second-order valence-corrected chi connectivity index (χ2v) is 11.0. The third kappa shape index (κ3) is 7.11. The number of carbonyl (C=O) groups excluding carboxylic acids is 2. The molecule has 3 aromatic rings. The van der Waals surface area contributed by atoms with Crippen LogP contribution in [0.25, 0.3) is 0 Å². The van der Waals surface area contributed by atoms with E-state index in [0.717, 1.165) is 21.9 Å². The second kappa shape index (κ2) is 12.7. The van der Waals surface area contributed by atoms with Crippen LogP contribution < -0.4 is 9.62 Å². The van der Waals surface area contributed by atoms with Crippen LogP contribution in [-0.4, -0.2) is 44.3 Å². The number of rotatable bonds is 11. The van der Waals surface area contributed by atoms with Gasteiger partial charge >= 0.3 is 0 Å². The highest BCUT2D eigenvalue weighted by Gasteiger charge is 2.32. The van der Waals surface area contributed by atoms with Crippen LogP contribution in [-0.2, 0) is 26.2 Å². The van der Waals surface area contributed by atoms with Gasteiger partial charge in [-0.15, -0.1) is 0 Å². The number of hydrogen-bond donors (Lipinski definition) is 1. The van der Waals surface area contributed by atoms with Crippen LogP contribution in [0.1, 0.15) is 31.4 Å². The molecule has 0 heterocycles. The normalized spacial score (nSPS) is 12.0. The van der Waals surface area contributed by atoms with Crippen molar-refractivity contribution in [2.75, 3.05) is 17.4 Å². The van der Waals surface area contributed by atoms with E-state index in [-0.39, 0.29) is 23.0 Å². The summed E-state index contributed by atoms with van der Waals surface area (Å²) in [6.07, 6.45) is 0.752. The molecule has 196 valence electrons. The first-order valence-corrected chi connectivity index (χ1v) is 13.9. The zero-order valence-electron chi connectivity index (χ0n) is 21.2. The van der Waals surface area contributed by atoms with Gasteiger partial charge in [-0.2, -0.15) is 0 Å². The van der Waals surface area contributed by atoms with Gasteiger partial charge in [-0.25, -0.2) is 8.42 Å². The number of aryl methyl sites for hydroxylation is 1. The summed E-state index contributed by atoms with van der Waals surface area (Å²) in [5, 5.41) is 3.17. The predicted octanol–water partition coefficient (Wildman–Crippen LogP) is 4.79. The molecule has 37 heavy (non-hydrogen) atoms. The van der Waals surface area contributed by atoms with Crippen molar-refractivity contribution in [3.63, 3.8) is 0 Å². The van der Waals surface area contributed by atoms with Crippen LogP contribution in [0.3, 0.4) is 0 Å². The van der Waals surface area contributed by atoms with Crippen molar-refractivity contribution in [2.24, 2.45) is 0 Å². The number of nitrogens with zero attached hydrogens (tertiary/aromatic N) is 2. The fourth-order valence-corrected chi connectivity index (χ4v) is 5.44. The molecule has 0 aromatic heterocycles. The summed E-state index contributed by atoms with van der Waals surface area (Å²) in [6.45, 7) is 5.65. The van der Waals surface area contributed by atoms with Crippen molar-refractivity contribution >= 4 is 39.1 Å². The molecule has 9 heteroatoms. The second-order valence-electron chi connectivity index (χ2n) is 8.72. The lowest BCUT2D eigenvalue weighted by atomic mass is 10.1. The summed E-state index contributed by atoms with van der Waals surface area (Å²) in [7, 11) is -4.11. The summed E-state index contributed by atoms with van der Waals surface area (Å²) < 4.78 is 28.4. The summed E-state index contributed by atoms with van der Waals surface area (Å²) in [4.78, 5) is 28.2. The van der Waals surface area contributed by atoms with E-state index >= 15 is 0 Å². The maximum Gasteiger partial charge on any atom is 0.264 e. The molecule has 0 aliphatic heterocycles. The molecule has 0 radical (unpaired) electrons. The first-order chi connectivity index (χ1) is 17.6. The summed E-state index contributed by atoms with van der Waals surface area (Å²) in [6, 6.07) is 21.0. The summed E-state index contributed by atoms with van der Waals surface area (Å²) >= 11 is 6.18. The number of nitrogens with one attached hydrogen (secondary N) is 1. The zero-order chi connectivity index (χ0) is 27.0. The topological polar surface area (TPSA) is 86.8 Å². The number of sulfonamides is 1. The highest BCUT2D eigenvalue weighted by molar-refractivity contribution is 7.92. The summed E-state index contributed by atoms with van der Waals surface area (Å²) in [5.74, 6) is -0.814. The van der Waals surface area contributed by atoms with Crippen molar-refractivity contribution in [2.45, 2.75) is 44.7 Å². The first kappa shape index (κ1) is 28.2. The number of hydrogen-bond acceptors (Lipinski definition) is 4. The Hall–Kier alpha value is -3.36. The van der Waals surface area contributed by atoms with Gasteiger partial charge in [-0.1, -0.05) is 67.1 Å². The van der Waals surface area contributed by atoms with E-state index in [9.17, 15) is 18.0 Å². The molecule has 1 N–H and O–H groups in total. The Morgan fingerprint density at radius 2 is 1.65 bits per heavy atom. The molecule has 2 amide bonds. The van der Waals surface area contributed by atoms with Crippen molar-refractivity contribution in [3.8, 4) is 0 Å². The lowest BCUT2D eigenvalue weighted by molar-refractivity contribution is -0.139. The van der Waals surface area contributed by atoms with Gasteiger partial charge in [-0.05, 0) is 61.7 Å². The molecular formula is C28H32ClN3O4S. The Balaban J connectivity index is 2.02. The average molecular weight is 542 g/mol. The van der Waals surface area contributed by atoms with Crippen LogP contribution in [0.15, 0.2) is 83.8 Å². The Morgan fingerprint density at radius 1 is 0.973 bits per heavy atom. The van der Waals surface area contributed by atoms with E-state index in [4.69, 9.17) is 11.6 Å². The van der Waals surface area contributed by atoms with Gasteiger partial charge in [0.05, 0.1) is 10.6 Å². The zero-order valence-corrected chi connectivity index (χ0v) is 22.8. The Morgan fingerprint density at radius 3 is 2.30 bits per heavy atom. The van der Waals surface area contributed by atoms with Crippen LogP contribution in [0, 0.1) is 6.92 Å². The molecule has 0 unspecified atom stereocenters. The van der Waals surface area contributed by atoms with Crippen LogP contribution in [0.4, 0.5) is 5.69 Å². The van der Waals surface area contributed by atoms with E-state index in [1.165, 1.54) is 23.1 Å². The van der Waals surface area contributed by atoms with Crippen molar-refractivity contribution in [1.29, 1.82) is 0 Å². The van der Waals surface area contributed by atoms with Gasteiger partial charge in [-0.3, -0.25) is 13.9 Å². The van der Waals surface area contributed by atoms with E-state index < -0.39 is 28.5 Å². The lowest BCUT2D eigenvalue weighted by Gasteiger charge is -2.32. The standard InChI is InChI=1S/C28H32ClN3O4S/c1-4-17-30-28(34)22(3)31(19-23-12-9-8-11-21(23)2)27(33)20-32(25-14-10-13-24(29)18-25)37(35,36)26-15-6-5-7-16-26/h5-16,18,22H,4,17,19-20H2,1-3H3,(H,30,34)/t22-/m1/s1. The smallest absolute Gasteiger partial charge is 0.264 e. The monoisotopic (exact) mass is 541 g/mol. The molecule has 0 spiro atoms. The molecule has 3 rings (SSSR count). The number of carbonyl (C=O) groups is 2. The SMILES string of the molecule is CCCNC(=O)[C@@H](C)N(Cc1ccccc1C)C(=O)CN(c1cccc(Cl)c1)S(=O)(=O)c1ccccc1. The summed E-state index contributed by atoms with van der Waals surface area (Å²) in [5.41, 5.74) is 2.08. The minimum absolute atomic E-state index is 0.0435. The number of halogens is 1. The maximum atomic E-state index is 13.8. The minimum Gasteiger partial charge on any atom is -0.354 e. The van der Waals surface area contributed by atoms with Gasteiger partial charge in [0.1, 0.15) is 12.6 Å². The fourth-order valence-electron chi connectivity index (χ4n) is 3.83. The van der Waals surface area contributed by atoms with E-state index in [2.05, 4.69) is 5.32 Å². The van der Waals surface area contributed by atoms with Crippen molar-refractivity contribution in [3.05, 3.63) is 95.0 Å². The Bertz CT molecular complexity index is 1330. The first-order valence-electron chi connectivity index (χ1n) is 12.1. The highest BCUT2D eigenvalue weighted by atomic mass is 35.5. The number of amides is 2. The average Bonchev–Trinajstić information content (AvgIpc) is 2.89. The van der Waals surface area contributed by atoms with Gasteiger partial charge in [0, 0.05) is 18.1 Å². The molecule has 3 aromatic carbocycles. The maximum absolute atomic E-state index is 13.8. The van der Waals surface area contributed by atoms with Gasteiger partial charge in [0.2, 0.25) is 11.8 Å². The van der Waals surface area contributed by atoms with Gasteiger partial charge in [0.25, 0.3) is 10.0 Å². The van der Waals surface area contributed by atoms with Crippen LogP contribution in [0.5, 0.6) is 0 Å². The third-order valence-corrected chi connectivity index (χ3v) is 8.05. The molecule has 0 saturated carbocycles. The molecule has 0 fully saturated rings. The quantitative estimate of drug-likeness (QED) is 0.378. The predicted molar refractivity (Wildman–Crippen MR) is 147 cm³/mol. The Kier molecular flexibility index (Phi) is 9.72. The molecular weight excluding hydrogens is 510 g/mol. The molecule has 0 aliphatic carbocycles. The highest BCUT2D eigenvalue weighted by Crippen LogP contribution is 2.27. The molecule has 1 atom stereocenters. The lowest BCUT2D eigenvalue weighted by Crippen LogP contribution is -2.51. The molecule has 7 nitrogen and oxygen atoms in total. The van der Waals surface area contributed by atoms with Crippen LogP contribution in [0.2, 0.25) is 5.02 Å². The molecule has 0 saturated heterocycles. The van der Waals surface area contributed by atoms with E-state index in [1.54, 1.807) is 43.3 Å². The van der Waals surface area contributed by atoms with Crippen LogP contribution >= 0.6 is 11.6 Å². The molecule has 0 aliphatic rings. The fraction of sp³-hybridized carbons (Fsp3) is 0.286. The Labute approximate surface area is 224 Å². The molecule has 0 bridgehead atoms. The van der Waals surface area contributed by atoms with Gasteiger partial charge in [0.15, 0.2) is 0 Å². The van der Waals surface area contributed by atoms with Crippen molar-refractivity contribution < 1.29 is 18.0 Å². The van der Waals surface area contributed by atoms with E-state index in [0.29, 0.717) is 11.6 Å². The third-order valence-electron chi connectivity index (χ3n) is 6.02. The van der Waals surface area contributed by atoms with Crippen molar-refractivity contribution in [1.82, 2.24) is 10.2 Å². The van der Waals surface area contributed by atoms with E-state index in [1.807, 2.05) is 38.1 Å². The number of benzene rings is 3. The number of anilines is 1. The minimum atomic E-state index is -4.11. The van der Waals surface area contributed by atoms with Gasteiger partial charge < -0.3 is 10.2 Å². The largest absolute Gasteiger partial charge is 0.354 e.